The second kappa shape index (κ2) is 5.66. The molecule has 0 saturated carbocycles. The number of rotatable bonds is 4. The molecule has 8 heteroatoms. The van der Waals surface area contributed by atoms with Gasteiger partial charge >= 0.3 is 0 Å². The summed E-state index contributed by atoms with van der Waals surface area (Å²) in [5, 5.41) is 2.64. The quantitative estimate of drug-likeness (QED) is 0.756. The summed E-state index contributed by atoms with van der Waals surface area (Å²) in [6.07, 6.45) is 0. The second-order valence-electron chi connectivity index (χ2n) is 4.19. The van der Waals surface area contributed by atoms with E-state index in [9.17, 15) is 17.2 Å². The monoisotopic (exact) mass is 313 g/mol. The molecule has 112 valence electrons. The molecule has 0 spiro atoms. The molecule has 2 aromatic carbocycles. The predicted octanol–water partition coefficient (Wildman–Crippen LogP) is 2.20. The topological polar surface area (TPSA) is 84.2 Å². The van der Waals surface area contributed by atoms with Crippen LogP contribution in [-0.4, -0.2) is 15.5 Å². The fourth-order valence-corrected chi connectivity index (χ4v) is 2.57. The van der Waals surface area contributed by atoms with Gasteiger partial charge in [-0.05, 0) is 37.4 Å². The number of benzene rings is 2. The Kier molecular flexibility index (Phi) is 4.10. The fraction of sp³-hybridized carbons (Fsp3) is 0.0769. The van der Waals surface area contributed by atoms with Crippen molar-refractivity contribution in [1.82, 2.24) is 4.72 Å². The molecule has 0 atom stereocenters. The van der Waals surface area contributed by atoms with Crippen LogP contribution in [0.2, 0.25) is 0 Å². The molecule has 2 aromatic rings. The summed E-state index contributed by atoms with van der Waals surface area (Å²) in [5.74, 6) is -2.01. The van der Waals surface area contributed by atoms with E-state index in [-0.39, 0.29) is 16.3 Å². The highest BCUT2D eigenvalue weighted by molar-refractivity contribution is 7.89. The summed E-state index contributed by atoms with van der Waals surface area (Å²) < 4.78 is 52.1. The van der Waals surface area contributed by atoms with Crippen LogP contribution in [0.4, 0.5) is 25.8 Å². The van der Waals surface area contributed by atoms with E-state index in [1.165, 1.54) is 37.4 Å². The van der Waals surface area contributed by atoms with E-state index in [2.05, 4.69) is 10.0 Å². The number of hydrogen-bond acceptors (Lipinski definition) is 4. The molecule has 5 nitrogen and oxygen atoms in total. The van der Waals surface area contributed by atoms with Gasteiger partial charge in [0.25, 0.3) is 0 Å². The summed E-state index contributed by atoms with van der Waals surface area (Å²) in [5.41, 5.74) is 5.94. The molecule has 0 aliphatic carbocycles. The standard InChI is InChI=1S/C13H13F2N3O2S/c1-17-21(19,20)12-6-5-8(7-10(12)16)18-11-4-2-3-9(14)13(11)15/h2-7,17-18H,16H2,1H3. The molecule has 0 bridgehead atoms. The van der Waals surface area contributed by atoms with Crippen LogP contribution in [0, 0.1) is 11.6 Å². The molecule has 0 saturated heterocycles. The van der Waals surface area contributed by atoms with Crippen LogP contribution in [0.3, 0.4) is 0 Å². The highest BCUT2D eigenvalue weighted by atomic mass is 32.2. The Morgan fingerprint density at radius 2 is 1.86 bits per heavy atom. The number of nitrogens with one attached hydrogen (secondary N) is 2. The molecular weight excluding hydrogens is 300 g/mol. The van der Waals surface area contributed by atoms with Gasteiger partial charge in [0.15, 0.2) is 11.6 Å². The third kappa shape index (κ3) is 3.11. The number of sulfonamides is 1. The zero-order valence-corrected chi connectivity index (χ0v) is 11.8. The first kappa shape index (κ1) is 15.2. The van der Waals surface area contributed by atoms with Gasteiger partial charge in [-0.15, -0.1) is 0 Å². The summed E-state index contributed by atoms with van der Waals surface area (Å²) in [4.78, 5) is -0.0877. The number of nitrogen functional groups attached to an aromatic ring is 1. The van der Waals surface area contributed by atoms with Gasteiger partial charge < -0.3 is 11.1 Å². The van der Waals surface area contributed by atoms with Crippen molar-refractivity contribution >= 4 is 27.1 Å². The summed E-state index contributed by atoms with van der Waals surface area (Å²) in [7, 11) is -2.40. The molecule has 0 aromatic heterocycles. The Hall–Kier alpha value is -2.19. The van der Waals surface area contributed by atoms with E-state index in [1.54, 1.807) is 0 Å². The molecule has 0 radical (unpaired) electrons. The maximum absolute atomic E-state index is 13.5. The normalized spacial score (nSPS) is 11.4. The zero-order valence-electron chi connectivity index (χ0n) is 11.0. The first-order chi connectivity index (χ1) is 9.85. The summed E-state index contributed by atoms with van der Waals surface area (Å²) in [6.45, 7) is 0. The Morgan fingerprint density at radius 1 is 1.14 bits per heavy atom. The minimum Gasteiger partial charge on any atom is -0.398 e. The van der Waals surface area contributed by atoms with Crippen LogP contribution < -0.4 is 15.8 Å². The average molecular weight is 313 g/mol. The lowest BCUT2D eigenvalue weighted by atomic mass is 10.2. The lowest BCUT2D eigenvalue weighted by Crippen LogP contribution is -2.19. The summed E-state index contributed by atoms with van der Waals surface area (Å²) >= 11 is 0. The van der Waals surface area contributed by atoms with E-state index in [1.807, 2.05) is 0 Å². The number of halogens is 2. The number of anilines is 3. The first-order valence-electron chi connectivity index (χ1n) is 5.89. The largest absolute Gasteiger partial charge is 0.398 e. The molecule has 4 N–H and O–H groups in total. The van der Waals surface area contributed by atoms with Crippen molar-refractivity contribution in [2.24, 2.45) is 0 Å². The fourth-order valence-electron chi connectivity index (χ4n) is 1.74. The Labute approximate surface area is 120 Å². The van der Waals surface area contributed by atoms with Gasteiger partial charge in [0.05, 0.1) is 11.4 Å². The van der Waals surface area contributed by atoms with Gasteiger partial charge in [0, 0.05) is 5.69 Å². The first-order valence-corrected chi connectivity index (χ1v) is 7.37. The van der Waals surface area contributed by atoms with Crippen LogP contribution in [0.5, 0.6) is 0 Å². The van der Waals surface area contributed by atoms with Crippen molar-refractivity contribution in [2.45, 2.75) is 4.90 Å². The second-order valence-corrected chi connectivity index (χ2v) is 6.04. The van der Waals surface area contributed by atoms with Gasteiger partial charge in [-0.25, -0.2) is 21.9 Å². The summed E-state index contributed by atoms with van der Waals surface area (Å²) in [6, 6.07) is 7.72. The van der Waals surface area contributed by atoms with E-state index in [0.717, 1.165) is 6.07 Å². The highest BCUT2D eigenvalue weighted by Crippen LogP contribution is 2.26. The van der Waals surface area contributed by atoms with Crippen molar-refractivity contribution in [2.75, 3.05) is 18.1 Å². The van der Waals surface area contributed by atoms with Crippen molar-refractivity contribution in [1.29, 1.82) is 0 Å². The average Bonchev–Trinajstić information content (AvgIpc) is 2.44. The molecule has 21 heavy (non-hydrogen) atoms. The van der Waals surface area contributed by atoms with Crippen LogP contribution in [0.15, 0.2) is 41.3 Å². The lowest BCUT2D eigenvalue weighted by Gasteiger charge is -2.11. The molecule has 0 amide bonds. The van der Waals surface area contributed by atoms with Crippen molar-refractivity contribution in [3.8, 4) is 0 Å². The number of nitrogens with two attached hydrogens (primary N) is 1. The van der Waals surface area contributed by atoms with E-state index < -0.39 is 21.7 Å². The van der Waals surface area contributed by atoms with Gasteiger partial charge in [-0.3, -0.25) is 0 Å². The van der Waals surface area contributed by atoms with Crippen LogP contribution in [0.25, 0.3) is 0 Å². The zero-order chi connectivity index (χ0) is 15.6. The third-order valence-corrected chi connectivity index (χ3v) is 4.29. The van der Waals surface area contributed by atoms with Gasteiger partial charge in [-0.1, -0.05) is 6.07 Å². The number of hydrogen-bond donors (Lipinski definition) is 3. The smallest absolute Gasteiger partial charge is 0.242 e. The van der Waals surface area contributed by atoms with E-state index >= 15 is 0 Å². The Balaban J connectivity index is 2.36. The van der Waals surface area contributed by atoms with E-state index in [0.29, 0.717) is 5.69 Å². The molecule has 0 heterocycles. The third-order valence-electron chi connectivity index (χ3n) is 2.80. The molecule has 0 aliphatic rings. The molecule has 2 rings (SSSR count). The minimum absolute atomic E-state index is 0.00818. The van der Waals surface area contributed by atoms with E-state index in [4.69, 9.17) is 5.73 Å². The lowest BCUT2D eigenvalue weighted by molar-refractivity contribution is 0.512. The molecule has 0 unspecified atom stereocenters. The molecule has 0 aliphatic heterocycles. The van der Waals surface area contributed by atoms with Crippen molar-refractivity contribution < 1.29 is 17.2 Å². The van der Waals surface area contributed by atoms with Gasteiger partial charge in [-0.2, -0.15) is 0 Å². The highest BCUT2D eigenvalue weighted by Gasteiger charge is 2.16. The SMILES string of the molecule is CNS(=O)(=O)c1ccc(Nc2cccc(F)c2F)cc1N. The van der Waals surface area contributed by atoms with Gasteiger partial charge in [0.2, 0.25) is 10.0 Å². The maximum Gasteiger partial charge on any atom is 0.242 e. The Bertz CT molecular complexity index is 779. The van der Waals surface area contributed by atoms with Crippen LogP contribution >= 0.6 is 0 Å². The van der Waals surface area contributed by atoms with Gasteiger partial charge in [0.1, 0.15) is 4.90 Å². The van der Waals surface area contributed by atoms with Crippen molar-refractivity contribution in [3.63, 3.8) is 0 Å². The van der Waals surface area contributed by atoms with Crippen LogP contribution in [0.1, 0.15) is 0 Å². The molecular formula is C13H13F2N3O2S. The maximum atomic E-state index is 13.5. The Morgan fingerprint density at radius 3 is 2.48 bits per heavy atom. The minimum atomic E-state index is -3.67. The van der Waals surface area contributed by atoms with Crippen LogP contribution in [-0.2, 0) is 10.0 Å². The predicted molar refractivity (Wildman–Crippen MR) is 76.7 cm³/mol. The molecule has 0 fully saturated rings. The van der Waals surface area contributed by atoms with Crippen molar-refractivity contribution in [3.05, 3.63) is 48.0 Å².